The van der Waals surface area contributed by atoms with Crippen LogP contribution in [-0.2, 0) is 4.79 Å². The molecule has 2 fully saturated rings. The summed E-state index contributed by atoms with van der Waals surface area (Å²) in [6.45, 7) is 3.97. The van der Waals surface area contributed by atoms with Crippen LogP contribution in [0.2, 0.25) is 0 Å². The Bertz CT molecular complexity index is 501. The number of hydrogen-bond donors (Lipinski definition) is 1. The zero-order valence-electron chi connectivity index (χ0n) is 11.3. The van der Waals surface area contributed by atoms with Gasteiger partial charge in [0.2, 0.25) is 5.91 Å². The molecule has 4 heteroatoms. The van der Waals surface area contributed by atoms with E-state index >= 15 is 0 Å². The van der Waals surface area contributed by atoms with Crippen LogP contribution in [0.3, 0.4) is 0 Å². The molecule has 1 aromatic rings. The van der Waals surface area contributed by atoms with Crippen molar-refractivity contribution in [1.29, 1.82) is 0 Å². The standard InChI is InChI=1S/C15H19FN2O/c1-9-15(19)18(10(2)11-6-7-11)14(17-9)12-4-3-5-13(16)8-12/h3-5,8-11,14,17H,6-7H2,1-2H3. The summed E-state index contributed by atoms with van der Waals surface area (Å²) in [7, 11) is 0. The van der Waals surface area contributed by atoms with Crippen LogP contribution in [0.4, 0.5) is 4.39 Å². The Hall–Kier alpha value is -1.42. The minimum atomic E-state index is -0.259. The van der Waals surface area contributed by atoms with Crippen LogP contribution in [0, 0.1) is 11.7 Å². The van der Waals surface area contributed by atoms with Gasteiger partial charge >= 0.3 is 0 Å². The smallest absolute Gasteiger partial charge is 0.241 e. The Morgan fingerprint density at radius 1 is 1.42 bits per heavy atom. The lowest BCUT2D eigenvalue weighted by atomic mass is 10.1. The molecule has 1 amide bonds. The molecule has 1 aromatic carbocycles. The number of nitrogens with one attached hydrogen (secondary N) is 1. The second-order valence-electron chi connectivity index (χ2n) is 5.67. The Balaban J connectivity index is 1.91. The maximum absolute atomic E-state index is 13.4. The fraction of sp³-hybridized carbons (Fsp3) is 0.533. The SMILES string of the molecule is CC1NC(c2cccc(F)c2)N(C(C)C2CC2)C1=O. The molecule has 1 heterocycles. The molecule has 1 aliphatic heterocycles. The minimum absolute atomic E-state index is 0.119. The first-order chi connectivity index (χ1) is 9.08. The highest BCUT2D eigenvalue weighted by Crippen LogP contribution is 2.39. The molecule has 0 aromatic heterocycles. The van der Waals surface area contributed by atoms with E-state index in [-0.39, 0.29) is 30.0 Å². The van der Waals surface area contributed by atoms with E-state index in [0.717, 1.165) is 5.56 Å². The molecule has 3 rings (SSSR count). The summed E-state index contributed by atoms with van der Waals surface area (Å²) < 4.78 is 13.4. The Morgan fingerprint density at radius 3 is 2.79 bits per heavy atom. The van der Waals surface area contributed by atoms with Crippen LogP contribution in [0.5, 0.6) is 0 Å². The van der Waals surface area contributed by atoms with Gasteiger partial charge in [-0.25, -0.2) is 4.39 Å². The summed E-state index contributed by atoms with van der Waals surface area (Å²) in [4.78, 5) is 14.2. The molecule has 19 heavy (non-hydrogen) atoms. The van der Waals surface area contributed by atoms with E-state index in [0.29, 0.717) is 5.92 Å². The van der Waals surface area contributed by atoms with Gasteiger partial charge in [-0.05, 0) is 50.3 Å². The van der Waals surface area contributed by atoms with E-state index in [1.54, 1.807) is 6.07 Å². The molecule has 102 valence electrons. The third kappa shape index (κ3) is 2.25. The number of halogens is 1. The summed E-state index contributed by atoms with van der Waals surface area (Å²) in [5.41, 5.74) is 0.824. The van der Waals surface area contributed by atoms with Crippen LogP contribution >= 0.6 is 0 Å². The minimum Gasteiger partial charge on any atom is -0.319 e. The first kappa shape index (κ1) is 12.6. The number of carbonyl (C=O) groups is 1. The largest absolute Gasteiger partial charge is 0.319 e. The number of carbonyl (C=O) groups excluding carboxylic acids is 1. The summed E-state index contributed by atoms with van der Waals surface area (Å²) in [6, 6.07) is 6.53. The molecule has 3 atom stereocenters. The van der Waals surface area contributed by atoms with Gasteiger partial charge in [-0.1, -0.05) is 12.1 Å². The van der Waals surface area contributed by atoms with Crippen molar-refractivity contribution < 1.29 is 9.18 Å². The quantitative estimate of drug-likeness (QED) is 0.907. The number of rotatable bonds is 3. The molecule has 0 radical (unpaired) electrons. The second-order valence-corrected chi connectivity index (χ2v) is 5.67. The molecule has 3 nitrogen and oxygen atoms in total. The molecular weight excluding hydrogens is 243 g/mol. The van der Waals surface area contributed by atoms with Gasteiger partial charge in [-0.2, -0.15) is 0 Å². The van der Waals surface area contributed by atoms with Gasteiger partial charge in [0.25, 0.3) is 0 Å². The van der Waals surface area contributed by atoms with Gasteiger partial charge in [0.05, 0.1) is 6.04 Å². The lowest BCUT2D eigenvalue weighted by molar-refractivity contribution is -0.132. The fourth-order valence-electron chi connectivity index (χ4n) is 2.91. The molecule has 1 saturated heterocycles. The fourth-order valence-corrected chi connectivity index (χ4v) is 2.91. The van der Waals surface area contributed by atoms with Crippen LogP contribution in [0.1, 0.15) is 38.4 Å². The molecule has 3 unspecified atom stereocenters. The predicted octanol–water partition coefficient (Wildman–Crippen LogP) is 2.44. The van der Waals surface area contributed by atoms with Gasteiger partial charge in [0, 0.05) is 6.04 Å². The molecule has 0 spiro atoms. The van der Waals surface area contributed by atoms with Gasteiger partial charge in [-0.15, -0.1) is 0 Å². The van der Waals surface area contributed by atoms with Gasteiger partial charge in [0.1, 0.15) is 12.0 Å². The van der Waals surface area contributed by atoms with E-state index in [1.807, 2.05) is 17.9 Å². The first-order valence-corrected chi connectivity index (χ1v) is 6.91. The van der Waals surface area contributed by atoms with E-state index in [2.05, 4.69) is 12.2 Å². The van der Waals surface area contributed by atoms with Crippen molar-refractivity contribution in [1.82, 2.24) is 10.2 Å². The Morgan fingerprint density at radius 2 is 2.16 bits per heavy atom. The summed E-state index contributed by atoms with van der Waals surface area (Å²) >= 11 is 0. The van der Waals surface area contributed by atoms with Crippen LogP contribution in [0.15, 0.2) is 24.3 Å². The maximum Gasteiger partial charge on any atom is 0.241 e. The monoisotopic (exact) mass is 262 g/mol. The van der Waals surface area contributed by atoms with E-state index in [1.165, 1.54) is 25.0 Å². The summed E-state index contributed by atoms with van der Waals surface area (Å²) in [6.07, 6.45) is 2.18. The first-order valence-electron chi connectivity index (χ1n) is 6.91. The van der Waals surface area contributed by atoms with Crippen molar-refractivity contribution in [3.63, 3.8) is 0 Å². The molecular formula is C15H19FN2O. The number of benzene rings is 1. The number of nitrogens with zero attached hydrogens (tertiary/aromatic N) is 1. The van der Waals surface area contributed by atoms with Crippen molar-refractivity contribution in [3.05, 3.63) is 35.6 Å². The van der Waals surface area contributed by atoms with Crippen molar-refractivity contribution in [2.45, 2.75) is 44.9 Å². The highest BCUT2D eigenvalue weighted by Gasteiger charge is 2.44. The average Bonchev–Trinajstić information content (AvgIpc) is 3.17. The lowest BCUT2D eigenvalue weighted by Crippen LogP contribution is -2.39. The van der Waals surface area contributed by atoms with Crippen molar-refractivity contribution in [2.24, 2.45) is 5.92 Å². The molecule has 2 aliphatic rings. The molecule has 0 bridgehead atoms. The maximum atomic E-state index is 13.4. The number of amides is 1. The molecule has 1 saturated carbocycles. The third-order valence-electron chi connectivity index (χ3n) is 4.22. The van der Waals surface area contributed by atoms with Crippen LogP contribution < -0.4 is 5.32 Å². The summed E-state index contributed by atoms with van der Waals surface area (Å²) in [5, 5.41) is 3.27. The van der Waals surface area contributed by atoms with Gasteiger partial charge < -0.3 is 4.90 Å². The third-order valence-corrected chi connectivity index (χ3v) is 4.22. The zero-order chi connectivity index (χ0) is 13.6. The van der Waals surface area contributed by atoms with Crippen LogP contribution in [0.25, 0.3) is 0 Å². The van der Waals surface area contributed by atoms with Crippen molar-refractivity contribution in [3.8, 4) is 0 Å². The van der Waals surface area contributed by atoms with Gasteiger partial charge in [-0.3, -0.25) is 10.1 Å². The predicted molar refractivity (Wildman–Crippen MR) is 70.8 cm³/mol. The van der Waals surface area contributed by atoms with Gasteiger partial charge in [0.15, 0.2) is 0 Å². The highest BCUT2D eigenvalue weighted by atomic mass is 19.1. The van der Waals surface area contributed by atoms with Crippen molar-refractivity contribution in [2.75, 3.05) is 0 Å². The summed E-state index contributed by atoms with van der Waals surface area (Å²) in [5.74, 6) is 0.464. The average molecular weight is 262 g/mol. The molecule has 1 aliphatic carbocycles. The zero-order valence-corrected chi connectivity index (χ0v) is 11.3. The topological polar surface area (TPSA) is 32.3 Å². The number of hydrogen-bond acceptors (Lipinski definition) is 2. The Labute approximate surface area is 112 Å². The van der Waals surface area contributed by atoms with E-state index in [9.17, 15) is 9.18 Å². The Kier molecular flexibility index (Phi) is 3.05. The normalized spacial score (nSPS) is 28.8. The van der Waals surface area contributed by atoms with E-state index < -0.39 is 0 Å². The van der Waals surface area contributed by atoms with Crippen LogP contribution in [-0.4, -0.2) is 22.9 Å². The second kappa shape index (κ2) is 4.60. The van der Waals surface area contributed by atoms with E-state index in [4.69, 9.17) is 0 Å². The lowest BCUT2D eigenvalue weighted by Gasteiger charge is -2.30. The highest BCUT2D eigenvalue weighted by molar-refractivity contribution is 5.84. The molecule has 1 N–H and O–H groups in total. The van der Waals surface area contributed by atoms with Crippen molar-refractivity contribution >= 4 is 5.91 Å².